The van der Waals surface area contributed by atoms with E-state index in [4.69, 9.17) is 31.3 Å². The van der Waals surface area contributed by atoms with Crippen LogP contribution in [0.4, 0.5) is 16.2 Å². The van der Waals surface area contributed by atoms with Crippen LogP contribution in [-0.4, -0.2) is 165 Å². The Labute approximate surface area is 539 Å². The lowest BCUT2D eigenvalue weighted by molar-refractivity contribution is -0.128. The van der Waals surface area contributed by atoms with Crippen LogP contribution in [0.3, 0.4) is 0 Å². The van der Waals surface area contributed by atoms with Crippen LogP contribution >= 0.6 is 0 Å². The summed E-state index contributed by atoms with van der Waals surface area (Å²) < 4.78 is 61.2. The van der Waals surface area contributed by atoms with Gasteiger partial charge in [0.25, 0.3) is 0 Å². The Kier molecular flexibility index (Phi) is 27.1. The van der Waals surface area contributed by atoms with Crippen molar-refractivity contribution in [3.8, 4) is 34.1 Å². The number of aryl methyl sites for hydroxylation is 1. The quantitative estimate of drug-likeness (QED) is 0.0282. The molecule has 2 fully saturated rings. The third-order valence-corrected chi connectivity index (χ3v) is 19.2. The lowest BCUT2D eigenvalue weighted by Crippen LogP contribution is -2.51. The van der Waals surface area contributed by atoms with E-state index < -0.39 is 31.7 Å². The number of nitrogens with zero attached hydrogens (tertiary/aromatic N) is 6. The van der Waals surface area contributed by atoms with Gasteiger partial charge in [-0.05, 0) is 142 Å². The third kappa shape index (κ3) is 19.4. The van der Waals surface area contributed by atoms with Gasteiger partial charge in [-0.15, -0.1) is 0 Å². The maximum atomic E-state index is 13.7. The highest BCUT2D eigenvalue weighted by molar-refractivity contribution is 7.89. The minimum absolute atomic E-state index is 0.00705. The Morgan fingerprint density at radius 3 is 1.53 bits per heavy atom. The molecule has 2 saturated heterocycles. The van der Waals surface area contributed by atoms with Gasteiger partial charge in [0.1, 0.15) is 17.3 Å². The molecule has 0 aliphatic carbocycles. The average Bonchev–Trinajstić information content (AvgIpc) is 1.57. The van der Waals surface area contributed by atoms with Crippen molar-refractivity contribution in [2.45, 2.75) is 141 Å². The first-order chi connectivity index (χ1) is 43.5. The summed E-state index contributed by atoms with van der Waals surface area (Å²) in [6.45, 7) is 19.8. The number of aliphatic imine (C=N–C) groups is 2. The zero-order chi connectivity index (χ0) is 66.6. The van der Waals surface area contributed by atoms with Crippen molar-refractivity contribution in [3.63, 3.8) is 0 Å². The maximum absolute atomic E-state index is 13.7. The molecule has 4 heterocycles. The van der Waals surface area contributed by atoms with E-state index >= 15 is 0 Å². The molecule has 0 radical (unpaired) electrons. The van der Waals surface area contributed by atoms with Crippen molar-refractivity contribution >= 4 is 73.2 Å². The van der Waals surface area contributed by atoms with Crippen LogP contribution in [0.15, 0.2) is 104 Å². The summed E-state index contributed by atoms with van der Waals surface area (Å²) >= 11 is 0. The standard InChI is InChI=1S/C36H47N5O6S.C32H44N4O4S.CH4O/c1-6-15-40(16-7-2)34(43)29-19-31-27(11-8-9-14-38-35(44)47-36(3,4)5)17-28(20-32(31)39-33(37)21-29)26-12-10-13-30(18-26)48(45,46)41-22-25(23-41)24-42;1-4-7-8-10-25-15-26(24-11-9-12-28(16-24)41(39,40)36-20-23(21-36)22-37)18-30-29(25)17-27(19-31(33)34-30)32(38)35(13-5-2)14-6-3;1-2/h10,12-13,17-20,25,42H,6-7,9,14-16,21-24H2,1-5H3,(H2,37,39)(H,38,44);9,11-12,15-18,23,37H,4-8,10,13-14,19-22H2,1-3H3,(H2,33,34);2H,1H3. The van der Waals surface area contributed by atoms with Crippen molar-refractivity contribution in [1.82, 2.24) is 23.7 Å². The van der Waals surface area contributed by atoms with Gasteiger partial charge in [0.15, 0.2) is 0 Å². The minimum atomic E-state index is -3.74. The van der Waals surface area contributed by atoms with E-state index in [2.05, 4.69) is 44.0 Å². The first-order valence-corrected chi connectivity index (χ1v) is 34.7. The molecule has 4 aromatic rings. The lowest BCUT2D eigenvalue weighted by Gasteiger charge is -2.36. The lowest BCUT2D eigenvalue weighted by atomic mass is 9.93. The number of amides is 3. The van der Waals surface area contributed by atoms with Crippen LogP contribution in [0, 0.1) is 23.7 Å². The number of amidine groups is 2. The van der Waals surface area contributed by atoms with E-state index in [0.29, 0.717) is 103 Å². The number of alkyl carbamates (subject to hydrolysis) is 1. The normalized spacial score (nSPS) is 15.2. The van der Waals surface area contributed by atoms with Gasteiger partial charge in [0.05, 0.1) is 21.2 Å². The van der Waals surface area contributed by atoms with Gasteiger partial charge in [-0.3, -0.25) is 9.59 Å². The monoisotopic (exact) mass is 1290 g/mol. The fourth-order valence-electron chi connectivity index (χ4n) is 11.0. The van der Waals surface area contributed by atoms with Gasteiger partial charge in [0, 0.05) is 138 Å². The second kappa shape index (κ2) is 33.9. The number of carbonyl (C=O) groups is 3. The largest absolute Gasteiger partial charge is 0.444 e. The zero-order valence-corrected chi connectivity index (χ0v) is 56.2. The summed E-state index contributed by atoms with van der Waals surface area (Å²) in [5.41, 5.74) is 20.7. The highest BCUT2D eigenvalue weighted by atomic mass is 32.2. The molecule has 0 unspecified atom stereocenters. The summed E-state index contributed by atoms with van der Waals surface area (Å²) in [7, 11) is -6.39. The average molecular weight is 1290 g/mol. The molecule has 8 N–H and O–H groups in total. The number of benzene rings is 4. The topological polar surface area (TPSA) is 291 Å². The fraction of sp³-hybridized carbons (Fsp3) is 0.493. The number of hydrogen-bond donors (Lipinski definition) is 6. The molecule has 494 valence electrons. The van der Waals surface area contributed by atoms with E-state index in [1.165, 1.54) is 8.61 Å². The molecule has 0 aromatic heterocycles. The number of sulfonamides is 2. The van der Waals surface area contributed by atoms with Crippen LogP contribution in [0.25, 0.3) is 34.4 Å². The number of unbranched alkanes of at least 4 members (excludes halogenated alkanes) is 2. The second-order valence-electron chi connectivity index (χ2n) is 24.2. The van der Waals surface area contributed by atoms with E-state index in [-0.39, 0.29) is 78.5 Å². The van der Waals surface area contributed by atoms with E-state index in [0.717, 1.165) is 80.7 Å². The van der Waals surface area contributed by atoms with Crippen molar-refractivity contribution in [3.05, 3.63) is 106 Å². The van der Waals surface area contributed by atoms with Gasteiger partial charge < -0.3 is 46.6 Å². The Balaban J connectivity index is 0.000000285. The zero-order valence-electron chi connectivity index (χ0n) is 54.6. The number of carbonyl (C=O) groups excluding carboxylic acids is 3. The predicted molar refractivity (Wildman–Crippen MR) is 362 cm³/mol. The predicted octanol–water partition coefficient (Wildman–Crippen LogP) is 9.39. The number of hydrogen-bond acceptors (Lipinski definition) is 15. The van der Waals surface area contributed by atoms with E-state index in [1.807, 2.05) is 66.1 Å². The number of aliphatic hydroxyl groups is 3. The number of nitrogens with two attached hydrogens (primary N) is 2. The molecule has 4 aromatic carbocycles. The van der Waals surface area contributed by atoms with Crippen LogP contribution in [0.2, 0.25) is 0 Å². The fourth-order valence-corrected chi connectivity index (χ4v) is 14.3. The third-order valence-electron chi connectivity index (χ3n) is 15.6. The molecule has 4 aliphatic heterocycles. The Hall–Kier alpha value is -7.23. The summed E-state index contributed by atoms with van der Waals surface area (Å²) in [5, 5.41) is 28.4. The molecule has 20 nitrogen and oxygen atoms in total. The highest BCUT2D eigenvalue weighted by Gasteiger charge is 2.38. The first-order valence-electron chi connectivity index (χ1n) is 31.8. The van der Waals surface area contributed by atoms with E-state index in [1.54, 1.807) is 57.2 Å². The van der Waals surface area contributed by atoms with Crippen molar-refractivity contribution in [2.24, 2.45) is 33.3 Å². The Morgan fingerprint density at radius 1 is 0.637 bits per heavy atom. The molecule has 8 rings (SSSR count). The Morgan fingerprint density at radius 2 is 1.09 bits per heavy atom. The van der Waals surface area contributed by atoms with E-state index in [9.17, 15) is 41.4 Å². The van der Waals surface area contributed by atoms with Crippen LogP contribution in [-0.2, 0) is 40.8 Å². The van der Waals surface area contributed by atoms with Gasteiger partial charge in [-0.25, -0.2) is 31.6 Å². The molecule has 0 spiro atoms. The molecular formula is C69H95N9O11S2. The number of aliphatic hydroxyl groups excluding tert-OH is 3. The molecule has 91 heavy (non-hydrogen) atoms. The summed E-state index contributed by atoms with van der Waals surface area (Å²) in [4.78, 5) is 52.9. The molecular weight excluding hydrogens is 1190 g/mol. The summed E-state index contributed by atoms with van der Waals surface area (Å²) in [6.07, 6.45) is 11.5. The minimum Gasteiger partial charge on any atom is -0.444 e. The highest BCUT2D eigenvalue weighted by Crippen LogP contribution is 2.39. The summed E-state index contributed by atoms with van der Waals surface area (Å²) in [6, 6.07) is 21.4. The van der Waals surface area contributed by atoms with Gasteiger partial charge in [0.2, 0.25) is 31.9 Å². The Bertz CT molecular complexity index is 3620. The van der Waals surface area contributed by atoms with Gasteiger partial charge >= 0.3 is 6.09 Å². The molecule has 3 amide bonds. The van der Waals surface area contributed by atoms with Crippen molar-refractivity contribution in [1.29, 1.82) is 0 Å². The number of fused-ring (bicyclic) bond motifs is 2. The molecule has 4 aliphatic rings. The first kappa shape index (κ1) is 72.8. The van der Waals surface area contributed by atoms with Crippen molar-refractivity contribution in [2.75, 3.05) is 79.2 Å². The van der Waals surface area contributed by atoms with Gasteiger partial charge in [-0.2, -0.15) is 8.61 Å². The molecule has 0 bridgehead atoms. The number of ether oxygens (including phenoxy) is 1. The smallest absolute Gasteiger partial charge is 0.407 e. The molecule has 22 heteroatoms. The van der Waals surface area contributed by atoms with Gasteiger partial charge in [-0.1, -0.05) is 89.6 Å². The molecule has 0 atom stereocenters. The summed E-state index contributed by atoms with van der Waals surface area (Å²) in [5.74, 6) is 6.84. The van der Waals surface area contributed by atoms with Crippen molar-refractivity contribution < 1.29 is 51.3 Å². The van der Waals surface area contributed by atoms with Crippen LogP contribution in [0.5, 0.6) is 0 Å². The van der Waals surface area contributed by atoms with Crippen LogP contribution in [0.1, 0.15) is 142 Å². The second-order valence-corrected chi connectivity index (χ2v) is 28.1. The van der Waals surface area contributed by atoms with Crippen LogP contribution < -0.4 is 16.8 Å². The molecule has 0 saturated carbocycles. The maximum Gasteiger partial charge on any atom is 0.407 e. The SMILES string of the molecule is CCCCCc1cc(-c2cccc(S(=O)(=O)N3CC(CO)C3)c2)cc2c1C=C(C(=O)N(CCC)CCC)CC(N)=N2.CCCN(CCC)C(=O)C1=Cc2c(C#CCCNC(=O)OC(C)(C)C)cc(-c3cccc(S(=O)(=O)N4CC(CO)C4)c3)cc2N=C(N)C1.CO. The number of rotatable bonds is 24. The number of nitrogens with one attached hydrogen (secondary N) is 1.